The van der Waals surface area contributed by atoms with Gasteiger partial charge in [-0.05, 0) is 36.1 Å². The minimum Gasteiger partial charge on any atom is -0.397 e. The fourth-order valence-corrected chi connectivity index (χ4v) is 4.06. The van der Waals surface area contributed by atoms with Gasteiger partial charge in [-0.15, -0.1) is 0 Å². The van der Waals surface area contributed by atoms with Gasteiger partial charge in [-0.2, -0.15) is 13.2 Å². The lowest BCUT2D eigenvalue weighted by Crippen LogP contribution is -2.23. The molecule has 0 radical (unpaired) electrons. The van der Waals surface area contributed by atoms with Gasteiger partial charge >= 0.3 is 6.18 Å². The molecule has 1 saturated carbocycles. The molecule has 0 spiro atoms. The fourth-order valence-electron chi connectivity index (χ4n) is 3.13. The molecule has 1 atom stereocenters. The summed E-state index contributed by atoms with van der Waals surface area (Å²) in [6, 6.07) is 2.56. The number of hydrogen-bond donors (Lipinski definition) is 3. The van der Waals surface area contributed by atoms with Crippen LogP contribution in [0, 0.1) is 4.78 Å². The number of alkyl halides is 3. The van der Waals surface area contributed by atoms with E-state index in [1.165, 1.54) is 4.90 Å². The lowest BCUT2D eigenvalue weighted by Gasteiger charge is -2.25. The molecular weight excluding hydrogens is 429 g/mol. The Morgan fingerprint density at radius 3 is 2.48 bits per heavy atom. The summed E-state index contributed by atoms with van der Waals surface area (Å²) in [6.45, 7) is 5.68. The maximum atomic E-state index is 12.9. The summed E-state index contributed by atoms with van der Waals surface area (Å²) < 4.78 is 59.3. The van der Waals surface area contributed by atoms with E-state index in [-0.39, 0.29) is 22.9 Å². The first-order chi connectivity index (χ1) is 14.3. The summed E-state index contributed by atoms with van der Waals surface area (Å²) >= 11 is 0. The van der Waals surface area contributed by atoms with Crippen LogP contribution in [0.1, 0.15) is 42.3 Å². The van der Waals surface area contributed by atoms with Gasteiger partial charge in [-0.1, -0.05) is 13.5 Å². The van der Waals surface area contributed by atoms with Gasteiger partial charge < -0.3 is 16.4 Å². The fraction of sp³-hybridized carbons (Fsp3) is 0.400. The summed E-state index contributed by atoms with van der Waals surface area (Å²) in [4.78, 5) is 9.40. The van der Waals surface area contributed by atoms with Crippen molar-refractivity contribution in [2.24, 2.45) is 5.73 Å². The number of anilines is 2. The Balaban J connectivity index is 2.00. The standard InChI is InChI=1S/C20H25F3N6OS/c1-4-31(26,30)11-13-7-14(19(25)5-6-19)9-28-18(13)12(2)29(3)16-10-27-17(8-15(16)24)20(21,22)23/h7-10,26H,2,4-6,11,25H2,1,3H3,(H2,24,27). The predicted molar refractivity (Wildman–Crippen MR) is 116 cm³/mol. The average Bonchev–Trinajstić information content (AvgIpc) is 3.44. The van der Waals surface area contributed by atoms with Gasteiger partial charge in [0.15, 0.2) is 0 Å². The van der Waals surface area contributed by atoms with E-state index in [0.29, 0.717) is 17.0 Å². The van der Waals surface area contributed by atoms with Crippen molar-refractivity contribution in [3.63, 3.8) is 0 Å². The van der Waals surface area contributed by atoms with Crippen molar-refractivity contribution in [3.8, 4) is 0 Å². The van der Waals surface area contributed by atoms with Crippen molar-refractivity contribution >= 4 is 26.8 Å². The lowest BCUT2D eigenvalue weighted by atomic mass is 10.0. The van der Waals surface area contributed by atoms with Gasteiger partial charge in [0.1, 0.15) is 5.69 Å². The van der Waals surface area contributed by atoms with Crippen LogP contribution >= 0.6 is 0 Å². The number of nitrogens with two attached hydrogens (primary N) is 2. The zero-order chi connectivity index (χ0) is 23.2. The highest BCUT2D eigenvalue weighted by atomic mass is 32.2. The summed E-state index contributed by atoms with van der Waals surface area (Å²) in [7, 11) is -1.32. The number of nitrogen functional groups attached to an aromatic ring is 1. The molecule has 3 rings (SSSR count). The van der Waals surface area contributed by atoms with Crippen LogP contribution in [-0.4, -0.2) is 27.0 Å². The molecule has 1 unspecified atom stereocenters. The van der Waals surface area contributed by atoms with Crippen LogP contribution in [0.15, 0.2) is 31.1 Å². The van der Waals surface area contributed by atoms with E-state index in [9.17, 15) is 17.4 Å². The van der Waals surface area contributed by atoms with Gasteiger partial charge in [-0.3, -0.25) is 9.76 Å². The van der Waals surface area contributed by atoms with Crippen LogP contribution < -0.4 is 16.4 Å². The van der Waals surface area contributed by atoms with Gasteiger partial charge in [0.05, 0.1) is 34.7 Å². The third-order valence-electron chi connectivity index (χ3n) is 5.43. The van der Waals surface area contributed by atoms with Crippen molar-refractivity contribution < 1.29 is 17.4 Å². The molecule has 168 valence electrons. The molecule has 0 bridgehead atoms. The van der Waals surface area contributed by atoms with E-state index < -0.39 is 27.1 Å². The van der Waals surface area contributed by atoms with E-state index >= 15 is 0 Å². The first-order valence-electron chi connectivity index (χ1n) is 9.55. The number of rotatable bonds is 7. The van der Waals surface area contributed by atoms with Gasteiger partial charge in [0.2, 0.25) is 0 Å². The predicted octanol–water partition coefficient (Wildman–Crippen LogP) is 3.70. The van der Waals surface area contributed by atoms with E-state index in [1.54, 1.807) is 26.2 Å². The molecule has 2 heterocycles. The normalized spacial score (nSPS) is 17.1. The number of pyridine rings is 2. The molecular formula is C20H25F3N6OS. The second-order valence-electron chi connectivity index (χ2n) is 7.76. The second-order valence-corrected chi connectivity index (χ2v) is 10.3. The Morgan fingerprint density at radius 1 is 1.32 bits per heavy atom. The Labute approximate surface area is 179 Å². The highest BCUT2D eigenvalue weighted by molar-refractivity contribution is 7.91. The lowest BCUT2D eigenvalue weighted by molar-refractivity contribution is -0.141. The smallest absolute Gasteiger partial charge is 0.397 e. The zero-order valence-electron chi connectivity index (χ0n) is 17.3. The molecule has 0 amide bonds. The monoisotopic (exact) mass is 454 g/mol. The Morgan fingerprint density at radius 2 is 1.97 bits per heavy atom. The summed E-state index contributed by atoms with van der Waals surface area (Å²) in [5.74, 6) is 0.131. The zero-order valence-corrected chi connectivity index (χ0v) is 18.1. The molecule has 0 aromatic carbocycles. The van der Waals surface area contributed by atoms with E-state index in [1.807, 2.05) is 0 Å². The minimum absolute atomic E-state index is 0.0383. The average molecular weight is 455 g/mol. The van der Waals surface area contributed by atoms with Gasteiger partial charge in [0, 0.05) is 34.3 Å². The van der Waals surface area contributed by atoms with Crippen LogP contribution in [0.25, 0.3) is 5.70 Å². The highest BCUT2D eigenvalue weighted by Crippen LogP contribution is 2.43. The molecule has 1 aliphatic carbocycles. The van der Waals surface area contributed by atoms with Crippen molar-refractivity contribution in [2.45, 2.75) is 37.2 Å². The van der Waals surface area contributed by atoms with Crippen LogP contribution in [0.4, 0.5) is 24.5 Å². The summed E-state index contributed by atoms with van der Waals surface area (Å²) in [6.07, 6.45) is -0.340. The molecule has 11 heteroatoms. The van der Waals surface area contributed by atoms with Crippen molar-refractivity contribution in [1.82, 2.24) is 9.97 Å². The third-order valence-corrected chi connectivity index (χ3v) is 7.14. The largest absolute Gasteiger partial charge is 0.433 e. The van der Waals surface area contributed by atoms with Crippen LogP contribution in [0.3, 0.4) is 0 Å². The van der Waals surface area contributed by atoms with Crippen molar-refractivity contribution in [2.75, 3.05) is 23.4 Å². The van der Waals surface area contributed by atoms with Crippen molar-refractivity contribution in [1.29, 1.82) is 4.78 Å². The van der Waals surface area contributed by atoms with Crippen molar-refractivity contribution in [3.05, 3.63) is 53.6 Å². The molecule has 0 saturated heterocycles. The molecule has 2 aromatic heterocycles. The van der Waals surface area contributed by atoms with Crippen LogP contribution in [0.2, 0.25) is 0 Å². The maximum absolute atomic E-state index is 12.9. The molecule has 31 heavy (non-hydrogen) atoms. The number of hydrogen-bond acceptors (Lipinski definition) is 7. The van der Waals surface area contributed by atoms with E-state index in [0.717, 1.165) is 30.7 Å². The molecule has 7 nitrogen and oxygen atoms in total. The number of halogens is 3. The summed E-state index contributed by atoms with van der Waals surface area (Å²) in [5, 5.41) is 0. The van der Waals surface area contributed by atoms with Gasteiger partial charge in [0.25, 0.3) is 0 Å². The first kappa shape index (κ1) is 23.0. The molecule has 1 aliphatic rings. The van der Waals surface area contributed by atoms with Gasteiger partial charge in [-0.25, -0.2) is 9.19 Å². The minimum atomic E-state index is -4.61. The quantitative estimate of drug-likeness (QED) is 0.586. The third kappa shape index (κ3) is 4.82. The van der Waals surface area contributed by atoms with E-state index in [4.69, 9.17) is 16.2 Å². The first-order valence-corrected chi connectivity index (χ1v) is 11.5. The highest BCUT2D eigenvalue weighted by Gasteiger charge is 2.41. The topological polar surface area (TPSA) is 122 Å². The Hall–Kier alpha value is -2.66. The maximum Gasteiger partial charge on any atom is 0.433 e. The Kier molecular flexibility index (Phi) is 5.78. The van der Waals surface area contributed by atoms with Crippen LogP contribution in [0.5, 0.6) is 0 Å². The summed E-state index contributed by atoms with van der Waals surface area (Å²) in [5.41, 5.74) is 12.7. The Bertz CT molecular complexity index is 1130. The number of nitrogens with one attached hydrogen (secondary N) is 1. The SMILES string of the molecule is C=C(c1ncc(C2(N)CC2)cc1CS(=N)(=O)CC)N(C)c1cnc(C(F)(F)F)cc1N. The molecule has 1 fully saturated rings. The molecule has 0 aliphatic heterocycles. The molecule has 2 aromatic rings. The second kappa shape index (κ2) is 7.79. The number of aromatic nitrogens is 2. The number of nitrogens with zero attached hydrogens (tertiary/aromatic N) is 3. The molecule has 5 N–H and O–H groups in total. The van der Waals surface area contributed by atoms with Crippen LogP contribution in [-0.2, 0) is 27.2 Å². The van der Waals surface area contributed by atoms with E-state index in [2.05, 4.69) is 16.5 Å².